The molecule has 0 spiro atoms. The molecule has 29 heavy (non-hydrogen) atoms. The van der Waals surface area contributed by atoms with Crippen molar-refractivity contribution >= 4 is 39.0 Å². The number of benzene rings is 1. The molecule has 0 atom stereocenters. The minimum atomic E-state index is -3.41. The van der Waals surface area contributed by atoms with Gasteiger partial charge in [-0.2, -0.15) is 4.31 Å². The Morgan fingerprint density at radius 1 is 1.07 bits per heavy atom. The van der Waals surface area contributed by atoms with Crippen molar-refractivity contribution in [3.63, 3.8) is 0 Å². The van der Waals surface area contributed by atoms with Crippen molar-refractivity contribution in [2.24, 2.45) is 0 Å². The number of rotatable bonds is 5. The third-order valence-electron chi connectivity index (χ3n) is 4.68. The number of anilines is 1. The summed E-state index contributed by atoms with van der Waals surface area (Å²) in [6.45, 7) is 5.22. The second-order valence-electron chi connectivity index (χ2n) is 6.45. The van der Waals surface area contributed by atoms with Crippen molar-refractivity contribution in [3.05, 3.63) is 58.9 Å². The van der Waals surface area contributed by atoms with Gasteiger partial charge in [-0.05, 0) is 23.7 Å². The second-order valence-corrected chi connectivity index (χ2v) is 9.43. The fourth-order valence-corrected chi connectivity index (χ4v) is 4.61. The van der Waals surface area contributed by atoms with E-state index in [9.17, 15) is 8.42 Å². The van der Waals surface area contributed by atoms with Crippen molar-refractivity contribution in [1.82, 2.24) is 18.6 Å². The molecule has 0 amide bonds. The molecule has 4 rings (SSSR count). The SMILES string of the molecule is C=CS(=O)(=O)N1CCN(c2cc(-c3ccc(Cl)cc3)nc(-c3cnsc3)n2)CC1. The van der Waals surface area contributed by atoms with Gasteiger partial charge in [0.15, 0.2) is 5.82 Å². The molecular formula is C19H18ClN5O2S2. The van der Waals surface area contributed by atoms with Crippen LogP contribution in [0.1, 0.15) is 0 Å². The first-order valence-electron chi connectivity index (χ1n) is 8.88. The summed E-state index contributed by atoms with van der Waals surface area (Å²) in [5.74, 6) is 1.34. The van der Waals surface area contributed by atoms with Gasteiger partial charge >= 0.3 is 0 Å². The van der Waals surface area contributed by atoms with Crippen LogP contribution in [0.15, 0.2) is 53.9 Å². The predicted molar refractivity (Wildman–Crippen MR) is 116 cm³/mol. The highest BCUT2D eigenvalue weighted by Gasteiger charge is 2.26. The van der Waals surface area contributed by atoms with Gasteiger partial charge < -0.3 is 4.90 Å². The highest BCUT2D eigenvalue weighted by atomic mass is 35.5. The molecule has 0 radical (unpaired) electrons. The molecule has 1 fully saturated rings. The summed E-state index contributed by atoms with van der Waals surface area (Å²) in [7, 11) is -3.41. The lowest BCUT2D eigenvalue weighted by molar-refractivity contribution is 0.389. The quantitative estimate of drug-likeness (QED) is 0.595. The van der Waals surface area contributed by atoms with Gasteiger partial charge in [-0.3, -0.25) is 0 Å². The lowest BCUT2D eigenvalue weighted by Crippen LogP contribution is -2.48. The molecule has 0 aliphatic carbocycles. The van der Waals surface area contributed by atoms with Crippen molar-refractivity contribution < 1.29 is 8.42 Å². The Balaban J connectivity index is 1.68. The number of aromatic nitrogens is 3. The molecule has 2 aromatic heterocycles. The zero-order chi connectivity index (χ0) is 20.4. The Labute approximate surface area is 178 Å². The largest absolute Gasteiger partial charge is 0.354 e. The van der Waals surface area contributed by atoms with Crippen molar-refractivity contribution in [1.29, 1.82) is 0 Å². The van der Waals surface area contributed by atoms with Crippen LogP contribution in [0.2, 0.25) is 5.02 Å². The first kappa shape index (κ1) is 20.0. The second kappa shape index (κ2) is 8.19. The van der Waals surface area contributed by atoms with E-state index in [2.05, 4.69) is 15.9 Å². The lowest BCUT2D eigenvalue weighted by Gasteiger charge is -2.34. The molecule has 150 valence electrons. The smallest absolute Gasteiger partial charge is 0.235 e. The van der Waals surface area contributed by atoms with Gasteiger partial charge in [0.05, 0.1) is 17.5 Å². The van der Waals surface area contributed by atoms with E-state index in [1.54, 1.807) is 6.20 Å². The Kier molecular flexibility index (Phi) is 5.64. The van der Waals surface area contributed by atoms with Gasteiger partial charge in [-0.25, -0.2) is 22.8 Å². The van der Waals surface area contributed by atoms with Crippen molar-refractivity contribution in [2.75, 3.05) is 31.1 Å². The Hall–Kier alpha value is -2.33. The van der Waals surface area contributed by atoms with Crippen LogP contribution in [-0.2, 0) is 10.0 Å². The van der Waals surface area contributed by atoms with Crippen LogP contribution in [0, 0.1) is 0 Å². The number of halogens is 1. The average molecular weight is 448 g/mol. The number of hydrogen-bond acceptors (Lipinski definition) is 7. The number of piperazine rings is 1. The maximum Gasteiger partial charge on any atom is 0.235 e. The Morgan fingerprint density at radius 2 is 1.79 bits per heavy atom. The Bertz CT molecular complexity index is 1110. The van der Waals surface area contributed by atoms with Crippen LogP contribution in [0.3, 0.4) is 0 Å². The first-order valence-corrected chi connectivity index (χ1v) is 11.6. The van der Waals surface area contributed by atoms with Gasteiger partial charge in [0.1, 0.15) is 5.82 Å². The van der Waals surface area contributed by atoms with Crippen LogP contribution in [0.5, 0.6) is 0 Å². The summed E-state index contributed by atoms with van der Waals surface area (Å²) in [4.78, 5) is 11.5. The van der Waals surface area contributed by atoms with E-state index in [0.717, 1.165) is 28.0 Å². The molecule has 10 heteroatoms. The van der Waals surface area contributed by atoms with E-state index >= 15 is 0 Å². The summed E-state index contributed by atoms with van der Waals surface area (Å²) in [5, 5.41) is 3.55. The third-order valence-corrected chi connectivity index (χ3v) is 7.02. The Morgan fingerprint density at radius 3 is 2.41 bits per heavy atom. The van der Waals surface area contributed by atoms with Crippen LogP contribution in [0.4, 0.5) is 5.82 Å². The van der Waals surface area contributed by atoms with E-state index in [-0.39, 0.29) is 0 Å². The summed E-state index contributed by atoms with van der Waals surface area (Å²) in [5.41, 5.74) is 2.55. The third kappa shape index (κ3) is 4.32. The number of hydrogen-bond donors (Lipinski definition) is 0. The molecule has 1 saturated heterocycles. The molecule has 1 aromatic carbocycles. The molecule has 0 bridgehead atoms. The van der Waals surface area contributed by atoms with E-state index < -0.39 is 10.0 Å². The topological polar surface area (TPSA) is 79.3 Å². The maximum absolute atomic E-state index is 12.0. The van der Waals surface area contributed by atoms with Gasteiger partial charge in [0.2, 0.25) is 10.0 Å². The maximum atomic E-state index is 12.0. The molecule has 3 heterocycles. The molecular weight excluding hydrogens is 430 g/mol. The van der Waals surface area contributed by atoms with Gasteiger partial charge in [-0.1, -0.05) is 30.3 Å². The summed E-state index contributed by atoms with van der Waals surface area (Å²) >= 11 is 7.36. The standard InChI is InChI=1S/C19H18ClN5O2S2/c1-2-29(26,27)25-9-7-24(8-10-25)18-11-17(14-3-5-16(20)6-4-14)22-19(23-18)15-12-21-28-13-15/h2-6,11-13H,1,7-10H2. The van der Waals surface area contributed by atoms with Crippen molar-refractivity contribution in [3.8, 4) is 22.6 Å². The van der Waals surface area contributed by atoms with Gasteiger partial charge in [-0.15, -0.1) is 0 Å². The van der Waals surface area contributed by atoms with Gasteiger partial charge in [0.25, 0.3) is 0 Å². The molecule has 1 aliphatic heterocycles. The minimum absolute atomic E-state index is 0.379. The molecule has 0 N–H and O–H groups in total. The zero-order valence-electron chi connectivity index (χ0n) is 15.4. The highest BCUT2D eigenvalue weighted by Crippen LogP contribution is 2.28. The predicted octanol–water partition coefficient (Wildman–Crippen LogP) is 3.52. The van der Waals surface area contributed by atoms with Crippen LogP contribution < -0.4 is 4.90 Å². The summed E-state index contributed by atoms with van der Waals surface area (Å²) in [6, 6.07) is 9.40. The summed E-state index contributed by atoms with van der Waals surface area (Å²) in [6.07, 6.45) is 1.74. The van der Waals surface area contributed by atoms with Gasteiger partial charge in [0, 0.05) is 53.6 Å². The number of sulfonamides is 1. The average Bonchev–Trinajstić information content (AvgIpc) is 3.29. The van der Waals surface area contributed by atoms with E-state index in [1.807, 2.05) is 35.7 Å². The minimum Gasteiger partial charge on any atom is -0.354 e. The first-order chi connectivity index (χ1) is 14.0. The monoisotopic (exact) mass is 447 g/mol. The van der Waals surface area contributed by atoms with Crippen LogP contribution >= 0.6 is 23.1 Å². The fraction of sp³-hybridized carbons (Fsp3) is 0.211. The highest BCUT2D eigenvalue weighted by molar-refractivity contribution is 7.92. The molecule has 3 aromatic rings. The molecule has 0 saturated carbocycles. The number of nitrogens with zero attached hydrogens (tertiary/aromatic N) is 5. The van der Waals surface area contributed by atoms with Crippen LogP contribution in [0.25, 0.3) is 22.6 Å². The summed E-state index contributed by atoms with van der Waals surface area (Å²) < 4.78 is 29.6. The fourth-order valence-electron chi connectivity index (χ4n) is 3.09. The lowest BCUT2D eigenvalue weighted by atomic mass is 10.1. The van der Waals surface area contributed by atoms with E-state index in [0.29, 0.717) is 37.0 Å². The molecule has 1 aliphatic rings. The van der Waals surface area contributed by atoms with E-state index in [4.69, 9.17) is 21.6 Å². The van der Waals surface area contributed by atoms with Crippen LogP contribution in [-0.4, -0.2) is 53.2 Å². The molecule has 7 nitrogen and oxygen atoms in total. The van der Waals surface area contributed by atoms with Crippen molar-refractivity contribution in [2.45, 2.75) is 0 Å². The zero-order valence-corrected chi connectivity index (χ0v) is 17.8. The normalized spacial score (nSPS) is 15.4. The molecule has 0 unspecified atom stereocenters. The van der Waals surface area contributed by atoms with E-state index in [1.165, 1.54) is 15.8 Å².